The Hall–Kier alpha value is -0.420. The molecule has 0 aliphatic rings. The zero-order valence-electron chi connectivity index (χ0n) is 9.62. The summed E-state index contributed by atoms with van der Waals surface area (Å²) in [5.41, 5.74) is 5.65. The molecule has 5 heteroatoms. The predicted octanol–water partition coefficient (Wildman–Crippen LogP) is 0.389. The van der Waals surface area contributed by atoms with Gasteiger partial charge in [0.2, 0.25) is 5.91 Å². The standard InChI is InChI=1S/C10H22N2O2S/c1-3-5-6-12-10(13)8-15(14)7-9(11)4-2/h9H,3-8,11H2,1-2H3,(H,12,13). The molecule has 2 unspecified atom stereocenters. The largest absolute Gasteiger partial charge is 0.355 e. The first-order valence-corrected chi connectivity index (χ1v) is 6.96. The monoisotopic (exact) mass is 234 g/mol. The van der Waals surface area contributed by atoms with Crippen LogP contribution in [0.15, 0.2) is 0 Å². The number of nitrogens with two attached hydrogens (primary N) is 1. The fraction of sp³-hybridized carbons (Fsp3) is 0.900. The molecule has 0 aliphatic carbocycles. The maximum absolute atomic E-state index is 11.4. The molecule has 90 valence electrons. The van der Waals surface area contributed by atoms with Crippen molar-refractivity contribution in [2.24, 2.45) is 5.73 Å². The van der Waals surface area contributed by atoms with Gasteiger partial charge in [0.05, 0.1) is 0 Å². The van der Waals surface area contributed by atoms with Gasteiger partial charge in [-0.15, -0.1) is 0 Å². The van der Waals surface area contributed by atoms with Gasteiger partial charge in [0, 0.05) is 29.1 Å². The van der Waals surface area contributed by atoms with Crippen LogP contribution in [-0.2, 0) is 15.6 Å². The van der Waals surface area contributed by atoms with Crippen LogP contribution in [0.3, 0.4) is 0 Å². The predicted molar refractivity (Wildman–Crippen MR) is 64.1 cm³/mol. The van der Waals surface area contributed by atoms with Crippen LogP contribution in [0.5, 0.6) is 0 Å². The highest BCUT2D eigenvalue weighted by Gasteiger charge is 2.10. The molecule has 0 heterocycles. The van der Waals surface area contributed by atoms with Crippen molar-refractivity contribution in [3.05, 3.63) is 0 Å². The molecule has 0 aromatic rings. The molecular formula is C10H22N2O2S. The Balaban J connectivity index is 3.62. The Morgan fingerprint density at radius 1 is 1.47 bits per heavy atom. The van der Waals surface area contributed by atoms with Crippen molar-refractivity contribution in [2.45, 2.75) is 39.2 Å². The van der Waals surface area contributed by atoms with Crippen LogP contribution in [0, 0.1) is 0 Å². The normalized spacial score (nSPS) is 14.6. The molecule has 0 aromatic carbocycles. The fourth-order valence-electron chi connectivity index (χ4n) is 1.02. The van der Waals surface area contributed by atoms with Crippen LogP contribution in [0.2, 0.25) is 0 Å². The third-order valence-corrected chi connectivity index (χ3v) is 3.45. The number of carbonyl (C=O) groups is 1. The van der Waals surface area contributed by atoms with E-state index in [1.807, 2.05) is 6.92 Å². The average Bonchev–Trinajstić information content (AvgIpc) is 2.17. The van der Waals surface area contributed by atoms with E-state index in [2.05, 4.69) is 12.2 Å². The maximum atomic E-state index is 11.4. The molecule has 0 spiro atoms. The Morgan fingerprint density at radius 2 is 2.13 bits per heavy atom. The van der Waals surface area contributed by atoms with Crippen molar-refractivity contribution in [1.29, 1.82) is 0 Å². The van der Waals surface area contributed by atoms with Gasteiger partial charge in [-0.1, -0.05) is 20.3 Å². The summed E-state index contributed by atoms with van der Waals surface area (Å²) in [6.45, 7) is 4.68. The van der Waals surface area contributed by atoms with Crippen LogP contribution in [-0.4, -0.2) is 34.2 Å². The highest BCUT2D eigenvalue weighted by Crippen LogP contribution is 1.92. The Kier molecular flexibility index (Phi) is 8.61. The molecule has 0 saturated carbocycles. The van der Waals surface area contributed by atoms with E-state index in [1.165, 1.54) is 0 Å². The van der Waals surface area contributed by atoms with Gasteiger partial charge in [-0.3, -0.25) is 9.00 Å². The molecule has 2 atom stereocenters. The van der Waals surface area contributed by atoms with Gasteiger partial charge >= 0.3 is 0 Å². The second-order valence-electron chi connectivity index (χ2n) is 3.62. The number of rotatable bonds is 8. The first kappa shape index (κ1) is 14.6. The van der Waals surface area contributed by atoms with Gasteiger partial charge in [0.15, 0.2) is 0 Å². The van der Waals surface area contributed by atoms with Crippen LogP contribution >= 0.6 is 0 Å². The first-order chi connectivity index (χ1) is 7.10. The topological polar surface area (TPSA) is 72.2 Å². The minimum atomic E-state index is -1.12. The number of unbranched alkanes of at least 4 members (excludes halogenated alkanes) is 1. The molecule has 0 fully saturated rings. The number of hydrogen-bond donors (Lipinski definition) is 2. The van der Waals surface area contributed by atoms with Gasteiger partial charge in [0.1, 0.15) is 5.75 Å². The molecule has 3 N–H and O–H groups in total. The second-order valence-corrected chi connectivity index (χ2v) is 5.12. The minimum Gasteiger partial charge on any atom is -0.355 e. The molecule has 0 bridgehead atoms. The molecule has 0 aliphatic heterocycles. The van der Waals surface area contributed by atoms with Crippen molar-refractivity contribution < 1.29 is 9.00 Å². The van der Waals surface area contributed by atoms with E-state index >= 15 is 0 Å². The highest BCUT2D eigenvalue weighted by atomic mass is 32.2. The van der Waals surface area contributed by atoms with Crippen LogP contribution in [0.1, 0.15) is 33.1 Å². The lowest BCUT2D eigenvalue weighted by atomic mass is 10.3. The fourth-order valence-corrected chi connectivity index (χ4v) is 2.24. The van der Waals surface area contributed by atoms with Crippen LogP contribution < -0.4 is 11.1 Å². The molecule has 0 rings (SSSR count). The number of carbonyl (C=O) groups excluding carboxylic acids is 1. The molecule has 0 radical (unpaired) electrons. The zero-order valence-corrected chi connectivity index (χ0v) is 10.4. The van der Waals surface area contributed by atoms with Gasteiger partial charge in [-0.05, 0) is 12.8 Å². The number of hydrogen-bond acceptors (Lipinski definition) is 3. The number of amides is 1. The van der Waals surface area contributed by atoms with E-state index in [4.69, 9.17) is 5.73 Å². The SMILES string of the molecule is CCCCNC(=O)CS(=O)CC(N)CC. The smallest absolute Gasteiger partial charge is 0.232 e. The zero-order chi connectivity index (χ0) is 11.7. The lowest BCUT2D eigenvalue weighted by molar-refractivity contribution is -0.118. The molecule has 0 aromatic heterocycles. The summed E-state index contributed by atoms with van der Waals surface area (Å²) >= 11 is 0. The summed E-state index contributed by atoms with van der Waals surface area (Å²) in [7, 11) is -1.12. The van der Waals surface area contributed by atoms with Crippen molar-refractivity contribution in [3.63, 3.8) is 0 Å². The molecular weight excluding hydrogens is 212 g/mol. The summed E-state index contributed by atoms with van der Waals surface area (Å²) < 4.78 is 11.4. The Morgan fingerprint density at radius 3 is 2.67 bits per heavy atom. The van der Waals surface area contributed by atoms with Crippen molar-refractivity contribution >= 4 is 16.7 Å². The highest BCUT2D eigenvalue weighted by molar-refractivity contribution is 7.85. The van der Waals surface area contributed by atoms with Crippen molar-refractivity contribution in [3.8, 4) is 0 Å². The van der Waals surface area contributed by atoms with Gasteiger partial charge in [0.25, 0.3) is 0 Å². The van der Waals surface area contributed by atoms with Crippen LogP contribution in [0.4, 0.5) is 0 Å². The molecule has 15 heavy (non-hydrogen) atoms. The van der Waals surface area contributed by atoms with E-state index in [0.717, 1.165) is 19.3 Å². The number of nitrogens with one attached hydrogen (secondary N) is 1. The third kappa shape index (κ3) is 8.57. The lowest BCUT2D eigenvalue weighted by Crippen LogP contribution is -2.33. The van der Waals surface area contributed by atoms with E-state index in [1.54, 1.807) is 0 Å². The lowest BCUT2D eigenvalue weighted by Gasteiger charge is -2.08. The van der Waals surface area contributed by atoms with Gasteiger partial charge < -0.3 is 11.1 Å². The van der Waals surface area contributed by atoms with Gasteiger partial charge in [-0.2, -0.15) is 0 Å². The Labute approximate surface area is 94.4 Å². The quantitative estimate of drug-likeness (QED) is 0.597. The first-order valence-electron chi connectivity index (χ1n) is 5.47. The van der Waals surface area contributed by atoms with Gasteiger partial charge in [-0.25, -0.2) is 0 Å². The summed E-state index contributed by atoms with van der Waals surface area (Å²) in [4.78, 5) is 11.3. The van der Waals surface area contributed by atoms with Crippen LogP contribution in [0.25, 0.3) is 0 Å². The minimum absolute atomic E-state index is 0.0609. The summed E-state index contributed by atoms with van der Waals surface area (Å²) in [6.07, 6.45) is 2.81. The molecule has 4 nitrogen and oxygen atoms in total. The summed E-state index contributed by atoms with van der Waals surface area (Å²) in [5.74, 6) is 0.361. The molecule has 0 saturated heterocycles. The Bertz CT molecular complexity index is 210. The van der Waals surface area contributed by atoms with E-state index < -0.39 is 10.8 Å². The molecule has 1 amide bonds. The van der Waals surface area contributed by atoms with E-state index in [-0.39, 0.29) is 17.7 Å². The third-order valence-electron chi connectivity index (χ3n) is 2.07. The van der Waals surface area contributed by atoms with E-state index in [9.17, 15) is 9.00 Å². The van der Waals surface area contributed by atoms with Crippen molar-refractivity contribution in [2.75, 3.05) is 18.1 Å². The summed E-state index contributed by atoms with van der Waals surface area (Å²) in [5, 5.41) is 2.73. The van der Waals surface area contributed by atoms with E-state index in [0.29, 0.717) is 12.3 Å². The maximum Gasteiger partial charge on any atom is 0.232 e. The average molecular weight is 234 g/mol. The second kappa shape index (κ2) is 8.85. The van der Waals surface area contributed by atoms with Crippen molar-refractivity contribution in [1.82, 2.24) is 5.32 Å². The summed E-state index contributed by atoms with van der Waals surface area (Å²) in [6, 6.07) is -0.0609.